The Morgan fingerprint density at radius 3 is 3.04 bits per heavy atom. The normalized spacial score (nSPS) is 13.9. The van der Waals surface area contributed by atoms with Gasteiger partial charge in [-0.15, -0.1) is 0 Å². The van der Waals surface area contributed by atoms with Crippen LogP contribution in [-0.4, -0.2) is 45.7 Å². The lowest BCUT2D eigenvalue weighted by Crippen LogP contribution is -2.28. The molecule has 0 saturated heterocycles. The Bertz CT molecular complexity index is 1020. The first-order valence-electron chi connectivity index (χ1n) is 7.67. The molecule has 0 saturated carbocycles. The Hall–Kier alpha value is -3.14. The SMILES string of the molecule is CNc1cc2nc3c(cnn13)C(=O)NCCOc1nc(c(Cl)cc1F)N2. The fraction of sp³-hybridized carbons (Fsp3) is 0.200. The second-order valence-corrected chi connectivity index (χ2v) is 5.81. The van der Waals surface area contributed by atoms with Gasteiger partial charge < -0.3 is 20.7 Å². The summed E-state index contributed by atoms with van der Waals surface area (Å²) in [6.45, 7) is 0.190. The zero-order valence-electron chi connectivity index (χ0n) is 13.5. The highest BCUT2D eigenvalue weighted by molar-refractivity contribution is 6.33. The van der Waals surface area contributed by atoms with Crippen LogP contribution in [0.4, 0.5) is 21.8 Å². The van der Waals surface area contributed by atoms with Crippen LogP contribution in [0.5, 0.6) is 5.88 Å². The zero-order chi connectivity index (χ0) is 18.3. The minimum Gasteiger partial charge on any atom is -0.474 e. The number of rotatable bonds is 1. The minimum absolute atomic E-state index is 0.0356. The van der Waals surface area contributed by atoms with E-state index < -0.39 is 5.82 Å². The Kier molecular flexibility index (Phi) is 3.96. The quantitative estimate of drug-likeness (QED) is 0.594. The van der Waals surface area contributed by atoms with E-state index in [9.17, 15) is 9.18 Å². The topological polar surface area (TPSA) is 105 Å². The van der Waals surface area contributed by atoms with E-state index >= 15 is 0 Å². The number of hydrogen-bond acceptors (Lipinski definition) is 7. The van der Waals surface area contributed by atoms with Crippen molar-refractivity contribution in [2.75, 3.05) is 30.8 Å². The molecule has 4 bridgehead atoms. The number of hydrogen-bond donors (Lipinski definition) is 3. The van der Waals surface area contributed by atoms with E-state index in [0.29, 0.717) is 22.8 Å². The monoisotopic (exact) mass is 377 g/mol. The predicted molar refractivity (Wildman–Crippen MR) is 92.8 cm³/mol. The van der Waals surface area contributed by atoms with Crippen molar-refractivity contribution < 1.29 is 13.9 Å². The summed E-state index contributed by atoms with van der Waals surface area (Å²) >= 11 is 6.08. The van der Waals surface area contributed by atoms with E-state index in [1.54, 1.807) is 13.1 Å². The van der Waals surface area contributed by atoms with Gasteiger partial charge in [-0.2, -0.15) is 14.6 Å². The summed E-state index contributed by atoms with van der Waals surface area (Å²) in [5, 5.41) is 12.8. The van der Waals surface area contributed by atoms with Crippen molar-refractivity contribution in [3.05, 3.63) is 34.7 Å². The van der Waals surface area contributed by atoms with Crippen LogP contribution in [0.1, 0.15) is 10.4 Å². The van der Waals surface area contributed by atoms with Gasteiger partial charge in [0.1, 0.15) is 23.8 Å². The van der Waals surface area contributed by atoms with Gasteiger partial charge in [-0.1, -0.05) is 11.6 Å². The van der Waals surface area contributed by atoms with Crippen molar-refractivity contribution >= 4 is 40.6 Å². The molecule has 134 valence electrons. The molecule has 0 unspecified atom stereocenters. The number of fused-ring (bicyclic) bond motifs is 3. The maximum absolute atomic E-state index is 14.0. The molecular formula is C15H13ClFN7O2. The van der Waals surface area contributed by atoms with Gasteiger partial charge in [0.2, 0.25) is 0 Å². The van der Waals surface area contributed by atoms with E-state index in [-0.39, 0.29) is 35.8 Å². The molecule has 4 rings (SSSR count). The molecule has 0 atom stereocenters. The molecule has 1 aliphatic heterocycles. The second-order valence-electron chi connectivity index (χ2n) is 5.41. The Morgan fingerprint density at radius 1 is 1.38 bits per heavy atom. The Balaban J connectivity index is 1.91. The third-order valence-electron chi connectivity index (χ3n) is 3.74. The van der Waals surface area contributed by atoms with Crippen LogP contribution in [0.3, 0.4) is 0 Å². The van der Waals surface area contributed by atoms with E-state index in [2.05, 4.69) is 31.0 Å². The van der Waals surface area contributed by atoms with Gasteiger partial charge >= 0.3 is 0 Å². The van der Waals surface area contributed by atoms with Crippen molar-refractivity contribution in [2.45, 2.75) is 0 Å². The van der Waals surface area contributed by atoms with Gasteiger partial charge in [-0.25, -0.2) is 9.37 Å². The molecule has 11 heteroatoms. The van der Waals surface area contributed by atoms with Crippen LogP contribution in [0.25, 0.3) is 5.65 Å². The molecule has 0 radical (unpaired) electrons. The molecule has 1 amide bonds. The van der Waals surface area contributed by atoms with Gasteiger partial charge in [0.25, 0.3) is 11.8 Å². The minimum atomic E-state index is -0.697. The van der Waals surface area contributed by atoms with Gasteiger partial charge in [-0.05, 0) is 0 Å². The van der Waals surface area contributed by atoms with Crippen LogP contribution in [0.15, 0.2) is 18.3 Å². The molecule has 9 nitrogen and oxygen atoms in total. The molecule has 0 fully saturated rings. The summed E-state index contributed by atoms with van der Waals surface area (Å²) in [6, 6.07) is 2.76. The molecule has 3 aromatic heterocycles. The number of carbonyl (C=O) groups is 1. The molecule has 0 aliphatic carbocycles. The Labute approximate surface area is 151 Å². The smallest absolute Gasteiger partial charge is 0.256 e. The number of aromatic nitrogens is 4. The van der Waals surface area contributed by atoms with Crippen LogP contribution in [0.2, 0.25) is 5.02 Å². The highest BCUT2D eigenvalue weighted by Gasteiger charge is 2.19. The lowest BCUT2D eigenvalue weighted by atomic mass is 10.3. The fourth-order valence-electron chi connectivity index (χ4n) is 2.53. The van der Waals surface area contributed by atoms with Crippen molar-refractivity contribution in [1.29, 1.82) is 0 Å². The lowest BCUT2D eigenvalue weighted by Gasteiger charge is -2.12. The summed E-state index contributed by atoms with van der Waals surface area (Å²) in [7, 11) is 1.71. The average Bonchev–Trinajstić information content (AvgIpc) is 3.04. The maximum atomic E-state index is 14.0. The number of pyridine rings is 1. The van der Waals surface area contributed by atoms with Crippen LogP contribution >= 0.6 is 11.6 Å². The first kappa shape index (κ1) is 16.3. The highest BCUT2D eigenvalue weighted by atomic mass is 35.5. The van der Waals surface area contributed by atoms with Crippen molar-refractivity contribution in [3.8, 4) is 5.88 Å². The van der Waals surface area contributed by atoms with Crippen LogP contribution in [0, 0.1) is 5.82 Å². The number of amides is 1. The summed E-state index contributed by atoms with van der Waals surface area (Å²) in [5.74, 6) is -0.168. The van der Waals surface area contributed by atoms with Gasteiger partial charge in [0.15, 0.2) is 17.3 Å². The van der Waals surface area contributed by atoms with Gasteiger partial charge in [-0.3, -0.25) is 4.79 Å². The molecule has 0 aromatic carbocycles. The number of nitrogens with one attached hydrogen (secondary N) is 3. The zero-order valence-corrected chi connectivity index (χ0v) is 14.3. The first-order chi connectivity index (χ1) is 12.6. The predicted octanol–water partition coefficient (Wildman–Crippen LogP) is 1.82. The van der Waals surface area contributed by atoms with Crippen LogP contribution < -0.4 is 20.7 Å². The number of anilines is 3. The number of nitrogens with zero attached hydrogens (tertiary/aromatic N) is 4. The second kappa shape index (κ2) is 6.30. The third-order valence-corrected chi connectivity index (χ3v) is 4.03. The van der Waals surface area contributed by atoms with E-state index in [4.69, 9.17) is 16.3 Å². The van der Waals surface area contributed by atoms with Crippen LogP contribution in [-0.2, 0) is 0 Å². The van der Waals surface area contributed by atoms with Gasteiger partial charge in [0, 0.05) is 19.2 Å². The highest BCUT2D eigenvalue weighted by Crippen LogP contribution is 2.29. The summed E-state index contributed by atoms with van der Waals surface area (Å²) in [5.41, 5.74) is 0.636. The summed E-state index contributed by atoms with van der Waals surface area (Å²) in [6.07, 6.45) is 1.42. The largest absolute Gasteiger partial charge is 0.474 e. The average molecular weight is 378 g/mol. The lowest BCUT2D eigenvalue weighted by molar-refractivity contribution is 0.0947. The number of halogens is 2. The fourth-order valence-corrected chi connectivity index (χ4v) is 2.72. The first-order valence-corrected chi connectivity index (χ1v) is 8.05. The molecule has 3 N–H and O–H groups in total. The van der Waals surface area contributed by atoms with Crippen molar-refractivity contribution in [3.63, 3.8) is 0 Å². The third kappa shape index (κ3) is 2.73. The van der Waals surface area contributed by atoms with E-state index in [1.165, 1.54) is 10.7 Å². The molecule has 1 aliphatic rings. The van der Waals surface area contributed by atoms with E-state index in [1.807, 2.05) is 0 Å². The molecule has 0 spiro atoms. The molecule has 4 heterocycles. The number of carbonyl (C=O) groups excluding carboxylic acids is 1. The molecule has 26 heavy (non-hydrogen) atoms. The molecular weight excluding hydrogens is 365 g/mol. The Morgan fingerprint density at radius 2 is 2.23 bits per heavy atom. The van der Waals surface area contributed by atoms with E-state index in [0.717, 1.165) is 6.07 Å². The van der Waals surface area contributed by atoms with Crippen molar-refractivity contribution in [1.82, 2.24) is 24.9 Å². The van der Waals surface area contributed by atoms with Gasteiger partial charge in [0.05, 0.1) is 17.8 Å². The summed E-state index contributed by atoms with van der Waals surface area (Å²) in [4.78, 5) is 20.9. The summed E-state index contributed by atoms with van der Waals surface area (Å²) < 4.78 is 20.8. The van der Waals surface area contributed by atoms with Crippen molar-refractivity contribution in [2.24, 2.45) is 0 Å². The standard InChI is InChI=1S/C15H13ClFN7O2/c1-18-11-5-10-21-12-8(16)4-9(17)15(23-12)26-3-2-19-14(25)7-6-20-24(11)13(7)22-10/h4-6,18H,2-3H2,1H3,(H,19,25)(H,21,22,23). The maximum Gasteiger partial charge on any atom is 0.256 e. The molecule has 3 aromatic rings. The number of ether oxygens (including phenoxy) is 1.